The maximum Gasteiger partial charge on any atom is 0.306 e. The third-order valence-electron chi connectivity index (χ3n) is 3.85. The van der Waals surface area contributed by atoms with Crippen LogP contribution < -0.4 is 5.32 Å². The van der Waals surface area contributed by atoms with Gasteiger partial charge in [0, 0.05) is 17.2 Å². The van der Waals surface area contributed by atoms with Crippen LogP contribution in [0.25, 0.3) is 0 Å². The van der Waals surface area contributed by atoms with Gasteiger partial charge in [0.25, 0.3) is 0 Å². The average molecular weight is 327 g/mol. The molecule has 0 saturated heterocycles. The topological polar surface area (TPSA) is 66.4 Å². The van der Waals surface area contributed by atoms with Crippen molar-refractivity contribution in [3.8, 4) is 0 Å². The molecule has 1 amide bonds. The zero-order chi connectivity index (χ0) is 15.1. The van der Waals surface area contributed by atoms with Gasteiger partial charge in [-0.25, -0.2) is 0 Å². The molecule has 1 saturated carbocycles. The number of amides is 1. The minimum Gasteiger partial charge on any atom is -0.481 e. The standard InChI is InChI=1S/C15H21NO3S2/c17-14(10-20-9-12-5-3-7-21-12)16-8-11-4-1-2-6-13(11)15(18)19/h3,5,7,11,13H,1-2,4,6,8-10H2,(H,16,17)(H,18,19). The Morgan fingerprint density at radius 3 is 2.90 bits per heavy atom. The first kappa shape index (κ1) is 16.4. The van der Waals surface area contributed by atoms with Crippen molar-refractivity contribution < 1.29 is 14.7 Å². The fourth-order valence-electron chi connectivity index (χ4n) is 2.71. The number of hydrogen-bond donors (Lipinski definition) is 2. The number of thioether (sulfide) groups is 1. The number of carboxylic acid groups (broad SMARTS) is 1. The monoisotopic (exact) mass is 327 g/mol. The molecule has 2 rings (SSSR count). The number of hydrogen-bond acceptors (Lipinski definition) is 4. The quantitative estimate of drug-likeness (QED) is 0.808. The van der Waals surface area contributed by atoms with Crippen molar-refractivity contribution in [3.05, 3.63) is 22.4 Å². The number of carbonyl (C=O) groups is 2. The maximum atomic E-state index is 11.8. The van der Waals surface area contributed by atoms with Crippen LogP contribution in [-0.4, -0.2) is 29.3 Å². The van der Waals surface area contributed by atoms with E-state index in [2.05, 4.69) is 11.4 Å². The van der Waals surface area contributed by atoms with Gasteiger partial charge in [-0.15, -0.1) is 23.1 Å². The Hall–Kier alpha value is -1.01. The van der Waals surface area contributed by atoms with Crippen LogP contribution in [0.2, 0.25) is 0 Å². The van der Waals surface area contributed by atoms with E-state index in [0.717, 1.165) is 31.4 Å². The zero-order valence-electron chi connectivity index (χ0n) is 11.9. The highest BCUT2D eigenvalue weighted by atomic mass is 32.2. The molecule has 21 heavy (non-hydrogen) atoms. The normalized spacial score (nSPS) is 21.9. The summed E-state index contributed by atoms with van der Waals surface area (Å²) in [5.74, 6) is 0.363. The number of carboxylic acids is 1. The van der Waals surface area contributed by atoms with Crippen LogP contribution in [0.5, 0.6) is 0 Å². The molecule has 1 aliphatic carbocycles. The molecule has 6 heteroatoms. The molecule has 0 aromatic carbocycles. The van der Waals surface area contributed by atoms with Crippen molar-refractivity contribution in [1.29, 1.82) is 0 Å². The third kappa shape index (κ3) is 5.36. The molecule has 1 heterocycles. The summed E-state index contributed by atoms with van der Waals surface area (Å²) in [4.78, 5) is 24.3. The largest absolute Gasteiger partial charge is 0.481 e. The van der Waals surface area contributed by atoms with E-state index in [1.54, 1.807) is 23.1 Å². The maximum absolute atomic E-state index is 11.8. The molecule has 0 aliphatic heterocycles. The van der Waals surface area contributed by atoms with Crippen LogP contribution in [-0.2, 0) is 15.3 Å². The van der Waals surface area contributed by atoms with Gasteiger partial charge in [0.2, 0.25) is 5.91 Å². The van der Waals surface area contributed by atoms with Crippen LogP contribution in [0.15, 0.2) is 17.5 Å². The van der Waals surface area contributed by atoms with Crippen molar-refractivity contribution in [2.75, 3.05) is 12.3 Å². The van der Waals surface area contributed by atoms with Gasteiger partial charge in [0.05, 0.1) is 11.7 Å². The van der Waals surface area contributed by atoms with Gasteiger partial charge in [0.1, 0.15) is 0 Å². The fourth-order valence-corrected chi connectivity index (χ4v) is 4.41. The number of aliphatic carboxylic acids is 1. The molecular formula is C15H21NO3S2. The first-order valence-corrected chi connectivity index (χ1v) is 9.30. The molecule has 0 radical (unpaired) electrons. The van der Waals surface area contributed by atoms with Gasteiger partial charge in [-0.3, -0.25) is 9.59 Å². The Morgan fingerprint density at radius 1 is 1.38 bits per heavy atom. The Kier molecular flexibility index (Phi) is 6.57. The molecule has 1 aromatic rings. The van der Waals surface area contributed by atoms with E-state index >= 15 is 0 Å². The predicted octanol–water partition coefficient (Wildman–Crippen LogP) is 2.99. The van der Waals surface area contributed by atoms with Gasteiger partial charge in [-0.2, -0.15) is 0 Å². The van der Waals surface area contributed by atoms with Crippen LogP contribution in [0.3, 0.4) is 0 Å². The molecule has 1 fully saturated rings. The van der Waals surface area contributed by atoms with Crippen molar-refractivity contribution in [1.82, 2.24) is 5.32 Å². The van der Waals surface area contributed by atoms with Crippen molar-refractivity contribution in [2.24, 2.45) is 11.8 Å². The second-order valence-corrected chi connectivity index (χ2v) is 7.38. The van der Waals surface area contributed by atoms with Crippen molar-refractivity contribution in [3.63, 3.8) is 0 Å². The molecule has 0 bridgehead atoms. The fraction of sp³-hybridized carbons (Fsp3) is 0.600. The van der Waals surface area contributed by atoms with Crippen LogP contribution in [0.1, 0.15) is 30.6 Å². The number of carbonyl (C=O) groups excluding carboxylic acids is 1. The third-order valence-corrected chi connectivity index (χ3v) is 5.89. The van der Waals surface area contributed by atoms with E-state index in [1.807, 2.05) is 11.4 Å². The Labute approximate surface area is 133 Å². The Balaban J connectivity index is 1.66. The van der Waals surface area contributed by atoms with Gasteiger partial charge in [-0.1, -0.05) is 18.9 Å². The average Bonchev–Trinajstić information content (AvgIpc) is 2.98. The van der Waals surface area contributed by atoms with E-state index in [0.29, 0.717) is 12.3 Å². The van der Waals surface area contributed by atoms with Gasteiger partial charge >= 0.3 is 5.97 Å². The second kappa shape index (κ2) is 8.44. The lowest BCUT2D eigenvalue weighted by Crippen LogP contribution is -2.37. The Morgan fingerprint density at radius 2 is 2.19 bits per heavy atom. The summed E-state index contributed by atoms with van der Waals surface area (Å²) in [6.45, 7) is 0.495. The highest BCUT2D eigenvalue weighted by Crippen LogP contribution is 2.29. The van der Waals surface area contributed by atoms with Gasteiger partial charge in [0.15, 0.2) is 0 Å². The summed E-state index contributed by atoms with van der Waals surface area (Å²) in [6.07, 6.45) is 3.69. The number of nitrogens with one attached hydrogen (secondary N) is 1. The molecule has 116 valence electrons. The molecular weight excluding hydrogens is 306 g/mol. The zero-order valence-corrected chi connectivity index (χ0v) is 13.5. The van der Waals surface area contributed by atoms with E-state index in [4.69, 9.17) is 0 Å². The first-order chi connectivity index (χ1) is 10.2. The lowest BCUT2D eigenvalue weighted by molar-refractivity contribution is -0.145. The molecule has 2 N–H and O–H groups in total. The van der Waals surface area contributed by atoms with Crippen LogP contribution in [0, 0.1) is 11.8 Å². The second-order valence-electron chi connectivity index (χ2n) is 5.37. The SMILES string of the molecule is O=C(CSCc1cccs1)NCC1CCCCC1C(=O)O. The number of rotatable bonds is 7. The predicted molar refractivity (Wildman–Crippen MR) is 86.6 cm³/mol. The summed E-state index contributed by atoms with van der Waals surface area (Å²) in [7, 11) is 0. The molecule has 2 atom stereocenters. The molecule has 0 spiro atoms. The highest BCUT2D eigenvalue weighted by Gasteiger charge is 2.30. The molecule has 2 unspecified atom stereocenters. The smallest absolute Gasteiger partial charge is 0.306 e. The first-order valence-electron chi connectivity index (χ1n) is 7.26. The Bertz CT molecular complexity index is 461. The van der Waals surface area contributed by atoms with Gasteiger partial charge in [-0.05, 0) is 30.2 Å². The lowest BCUT2D eigenvalue weighted by atomic mass is 9.79. The van der Waals surface area contributed by atoms with Crippen molar-refractivity contribution in [2.45, 2.75) is 31.4 Å². The molecule has 4 nitrogen and oxygen atoms in total. The van der Waals surface area contributed by atoms with E-state index in [9.17, 15) is 14.7 Å². The molecule has 1 aliphatic rings. The minimum atomic E-state index is -0.721. The summed E-state index contributed by atoms with van der Waals surface area (Å²) in [6, 6.07) is 4.07. The summed E-state index contributed by atoms with van der Waals surface area (Å²) >= 11 is 3.29. The highest BCUT2D eigenvalue weighted by molar-refractivity contribution is 7.99. The number of thiophene rings is 1. The van der Waals surface area contributed by atoms with Crippen molar-refractivity contribution >= 4 is 35.0 Å². The lowest BCUT2D eigenvalue weighted by Gasteiger charge is -2.28. The van der Waals surface area contributed by atoms with E-state index in [-0.39, 0.29) is 17.7 Å². The summed E-state index contributed by atoms with van der Waals surface area (Å²) in [5.41, 5.74) is 0. The van der Waals surface area contributed by atoms with E-state index in [1.165, 1.54) is 4.88 Å². The summed E-state index contributed by atoms with van der Waals surface area (Å²) < 4.78 is 0. The van der Waals surface area contributed by atoms with Crippen LogP contribution >= 0.6 is 23.1 Å². The van der Waals surface area contributed by atoms with E-state index < -0.39 is 5.97 Å². The minimum absolute atomic E-state index is 0.00580. The van der Waals surface area contributed by atoms with Crippen LogP contribution in [0.4, 0.5) is 0 Å². The molecule has 1 aromatic heterocycles. The summed E-state index contributed by atoms with van der Waals surface area (Å²) in [5, 5.41) is 14.1. The van der Waals surface area contributed by atoms with Gasteiger partial charge < -0.3 is 10.4 Å².